The predicted octanol–water partition coefficient (Wildman–Crippen LogP) is -2.01. The molecule has 3 atom stereocenters. The molecule has 2 heterocycles. The number of hydrogen-bond acceptors (Lipinski definition) is 7. The van der Waals surface area contributed by atoms with Gasteiger partial charge in [-0.2, -0.15) is 0 Å². The van der Waals surface area contributed by atoms with Crippen molar-refractivity contribution < 1.29 is 38.6 Å². The molecule has 1 fully saturated rings. The fraction of sp³-hybridized carbons (Fsp3) is 0.500. The van der Waals surface area contributed by atoms with Gasteiger partial charge in [0.1, 0.15) is 24.1 Å². The largest absolute Gasteiger partial charge is 0.477 e. The number of aliphatic hydroxyl groups is 1. The van der Waals surface area contributed by atoms with Gasteiger partial charge in [-0.1, -0.05) is 0 Å². The van der Waals surface area contributed by atoms with Crippen molar-refractivity contribution in [1.29, 1.82) is 0 Å². The summed E-state index contributed by atoms with van der Waals surface area (Å²) in [6.45, 7) is -0.679. The van der Waals surface area contributed by atoms with E-state index in [1.807, 2.05) is 4.98 Å². The summed E-state index contributed by atoms with van der Waals surface area (Å²) < 4.78 is 21.2. The lowest BCUT2D eigenvalue weighted by atomic mass is 10.2. The maximum Gasteiger partial charge on any atom is 0.469 e. The quantitative estimate of drug-likeness (QED) is 0.370. The first kappa shape index (κ1) is 17.5. The molecular formula is C10H13N2O10P. The third-order valence-electron chi connectivity index (χ3n) is 3.12. The van der Waals surface area contributed by atoms with Crippen LogP contribution in [0.1, 0.15) is 23.1 Å². The van der Waals surface area contributed by atoms with Crippen LogP contribution >= 0.6 is 7.82 Å². The van der Waals surface area contributed by atoms with Gasteiger partial charge >= 0.3 is 19.5 Å². The highest BCUT2D eigenvalue weighted by atomic mass is 31.2. The summed E-state index contributed by atoms with van der Waals surface area (Å²) in [4.78, 5) is 53.7. The van der Waals surface area contributed by atoms with Crippen molar-refractivity contribution in [1.82, 2.24) is 9.55 Å². The van der Waals surface area contributed by atoms with E-state index in [1.54, 1.807) is 0 Å². The Labute approximate surface area is 127 Å². The molecule has 1 aliphatic rings. The zero-order chi connectivity index (χ0) is 17.4. The molecule has 2 rings (SSSR count). The number of nitrogens with zero attached hydrogens (tertiary/aromatic N) is 1. The van der Waals surface area contributed by atoms with Crippen LogP contribution in [0, 0.1) is 0 Å². The third kappa shape index (κ3) is 3.93. The Morgan fingerprint density at radius 2 is 2.13 bits per heavy atom. The van der Waals surface area contributed by atoms with E-state index in [9.17, 15) is 24.1 Å². The summed E-state index contributed by atoms with van der Waals surface area (Å²) in [5.41, 5.74) is -2.67. The minimum Gasteiger partial charge on any atom is -0.477 e. The van der Waals surface area contributed by atoms with E-state index in [4.69, 9.17) is 19.6 Å². The van der Waals surface area contributed by atoms with Crippen molar-refractivity contribution in [2.24, 2.45) is 0 Å². The van der Waals surface area contributed by atoms with Gasteiger partial charge < -0.3 is 24.7 Å². The summed E-state index contributed by atoms with van der Waals surface area (Å²) >= 11 is 0. The molecule has 12 nitrogen and oxygen atoms in total. The molecule has 13 heteroatoms. The molecule has 1 aromatic rings. The third-order valence-corrected chi connectivity index (χ3v) is 3.66. The molecule has 0 amide bonds. The maximum absolute atomic E-state index is 11.8. The van der Waals surface area contributed by atoms with Crippen LogP contribution in [-0.4, -0.2) is 54.3 Å². The lowest BCUT2D eigenvalue weighted by Crippen LogP contribution is -2.36. The lowest BCUT2D eigenvalue weighted by Gasteiger charge is -2.16. The van der Waals surface area contributed by atoms with E-state index in [0.29, 0.717) is 10.6 Å². The number of aromatic nitrogens is 2. The number of H-pyrrole nitrogens is 1. The minimum absolute atomic E-state index is 0.317. The second kappa shape index (κ2) is 6.35. The molecule has 0 aromatic carbocycles. The molecule has 23 heavy (non-hydrogen) atoms. The Balaban J connectivity index is 2.41. The van der Waals surface area contributed by atoms with Crippen LogP contribution in [0.2, 0.25) is 0 Å². The number of aliphatic hydroxyl groups excluding tert-OH is 1. The van der Waals surface area contributed by atoms with Crippen molar-refractivity contribution >= 4 is 13.8 Å². The van der Waals surface area contributed by atoms with E-state index in [2.05, 4.69) is 4.52 Å². The van der Waals surface area contributed by atoms with Gasteiger partial charge in [0, 0.05) is 12.5 Å². The Morgan fingerprint density at radius 3 is 2.65 bits per heavy atom. The topological polar surface area (TPSA) is 188 Å². The SMILES string of the molecule is O=C(O)c1cc(=O)[nH]c(=O)n1[C@H]1C[C@H](OP(=O)(O)O)[C@@H](CO)O1. The second-order valence-corrected chi connectivity index (χ2v) is 5.87. The average Bonchev–Trinajstić information content (AvgIpc) is 2.77. The normalized spacial score (nSPS) is 24.7. The first-order chi connectivity index (χ1) is 10.6. The van der Waals surface area contributed by atoms with Crippen molar-refractivity contribution in [3.05, 3.63) is 32.6 Å². The fourth-order valence-electron chi connectivity index (χ4n) is 2.27. The highest BCUT2D eigenvalue weighted by molar-refractivity contribution is 7.46. The number of carboxylic acids is 1. The standard InChI is InChI=1S/C10H13N2O10P/c13-3-6-5(22-23(18,19)20)2-8(21-6)12-4(9(15)16)1-7(14)11-10(12)17/h1,5-6,8,13H,2-3H2,(H,15,16)(H,11,14,17)(H2,18,19,20)/t5-,6+,8+/m0/s1. The Bertz CT molecular complexity index is 764. The van der Waals surface area contributed by atoms with Gasteiger partial charge in [-0.25, -0.2) is 14.2 Å². The highest BCUT2D eigenvalue weighted by Gasteiger charge is 2.41. The van der Waals surface area contributed by atoms with E-state index >= 15 is 0 Å². The molecule has 0 aliphatic carbocycles. The Kier molecular flexibility index (Phi) is 4.84. The number of carbonyl (C=O) groups is 1. The smallest absolute Gasteiger partial charge is 0.469 e. The number of ether oxygens (including phenoxy) is 1. The van der Waals surface area contributed by atoms with Crippen LogP contribution in [-0.2, 0) is 13.8 Å². The number of phosphoric acid groups is 1. The van der Waals surface area contributed by atoms with E-state index < -0.39 is 55.8 Å². The van der Waals surface area contributed by atoms with Gasteiger partial charge in [0.25, 0.3) is 5.56 Å². The van der Waals surface area contributed by atoms with Crippen molar-refractivity contribution in [2.45, 2.75) is 24.9 Å². The maximum atomic E-state index is 11.8. The number of carboxylic acid groups (broad SMARTS) is 1. The number of hydrogen-bond donors (Lipinski definition) is 5. The number of aromatic amines is 1. The monoisotopic (exact) mass is 352 g/mol. The van der Waals surface area contributed by atoms with E-state index in [0.717, 1.165) is 0 Å². The molecule has 0 bridgehead atoms. The highest BCUT2D eigenvalue weighted by Crippen LogP contribution is 2.43. The van der Waals surface area contributed by atoms with Crippen molar-refractivity contribution in [3.63, 3.8) is 0 Å². The van der Waals surface area contributed by atoms with Gasteiger partial charge in [-0.15, -0.1) is 0 Å². The molecule has 0 spiro atoms. The predicted molar refractivity (Wildman–Crippen MR) is 70.8 cm³/mol. The van der Waals surface area contributed by atoms with Gasteiger partial charge in [0.2, 0.25) is 0 Å². The fourth-order valence-corrected chi connectivity index (χ4v) is 2.84. The van der Waals surface area contributed by atoms with Gasteiger partial charge in [-0.3, -0.25) is 18.9 Å². The zero-order valence-corrected chi connectivity index (χ0v) is 12.3. The van der Waals surface area contributed by atoms with Crippen LogP contribution < -0.4 is 11.2 Å². The van der Waals surface area contributed by atoms with Crippen LogP contribution in [0.4, 0.5) is 0 Å². The summed E-state index contributed by atoms with van der Waals surface area (Å²) in [5.74, 6) is -1.57. The summed E-state index contributed by atoms with van der Waals surface area (Å²) in [6.07, 6.45) is -4.07. The molecular weight excluding hydrogens is 339 g/mol. The number of nitrogens with one attached hydrogen (secondary N) is 1. The molecule has 0 unspecified atom stereocenters. The Hall–Kier alpha value is -1.82. The number of rotatable bonds is 5. The molecule has 0 saturated carbocycles. The van der Waals surface area contributed by atoms with Crippen LogP contribution in [0.3, 0.4) is 0 Å². The van der Waals surface area contributed by atoms with Gasteiger partial charge in [-0.05, 0) is 0 Å². The molecule has 1 aromatic heterocycles. The summed E-state index contributed by atoms with van der Waals surface area (Å²) in [7, 11) is -4.89. The lowest BCUT2D eigenvalue weighted by molar-refractivity contribution is -0.0461. The first-order valence-corrected chi connectivity index (χ1v) is 7.75. The molecule has 1 aliphatic heterocycles. The van der Waals surface area contributed by atoms with Crippen LogP contribution in [0.5, 0.6) is 0 Å². The Morgan fingerprint density at radius 1 is 1.48 bits per heavy atom. The molecule has 128 valence electrons. The van der Waals surface area contributed by atoms with Crippen LogP contribution in [0.15, 0.2) is 15.7 Å². The number of phosphoric ester groups is 1. The number of aromatic carboxylic acids is 1. The molecule has 0 radical (unpaired) electrons. The van der Waals surface area contributed by atoms with Gasteiger partial charge in [0.15, 0.2) is 0 Å². The first-order valence-electron chi connectivity index (χ1n) is 6.22. The van der Waals surface area contributed by atoms with Crippen molar-refractivity contribution in [3.8, 4) is 0 Å². The zero-order valence-electron chi connectivity index (χ0n) is 11.4. The van der Waals surface area contributed by atoms with Crippen molar-refractivity contribution in [2.75, 3.05) is 6.61 Å². The minimum atomic E-state index is -4.89. The summed E-state index contributed by atoms with van der Waals surface area (Å²) in [5, 5.41) is 18.2. The van der Waals surface area contributed by atoms with Gasteiger partial charge in [0.05, 0.1) is 6.61 Å². The van der Waals surface area contributed by atoms with E-state index in [-0.39, 0.29) is 6.42 Å². The van der Waals surface area contributed by atoms with Crippen LogP contribution in [0.25, 0.3) is 0 Å². The summed E-state index contributed by atoms with van der Waals surface area (Å²) in [6, 6.07) is 0.665. The average molecular weight is 352 g/mol. The molecule has 5 N–H and O–H groups in total. The molecule has 1 saturated heterocycles. The van der Waals surface area contributed by atoms with E-state index in [1.165, 1.54) is 0 Å². The second-order valence-electron chi connectivity index (χ2n) is 4.68.